The SMILES string of the molecule is Cc1cc(NC(=O)COC(=O)c2ccc(OC[C@H]3CCCO3)cc2)no1. The molecule has 1 atom stereocenters. The number of aryl methyl sites for hydroxylation is 1. The van der Waals surface area contributed by atoms with Crippen molar-refractivity contribution in [3.8, 4) is 5.75 Å². The minimum Gasteiger partial charge on any atom is -0.491 e. The number of ether oxygens (including phenoxy) is 3. The molecule has 0 spiro atoms. The monoisotopic (exact) mass is 360 g/mol. The number of aromatic nitrogens is 1. The van der Waals surface area contributed by atoms with Crippen LogP contribution in [0.5, 0.6) is 5.75 Å². The van der Waals surface area contributed by atoms with E-state index in [0.717, 1.165) is 19.4 Å². The predicted octanol–water partition coefficient (Wildman–Crippen LogP) is 2.34. The van der Waals surface area contributed by atoms with E-state index < -0.39 is 18.5 Å². The highest BCUT2D eigenvalue weighted by molar-refractivity contribution is 5.95. The van der Waals surface area contributed by atoms with Gasteiger partial charge in [0, 0.05) is 12.7 Å². The van der Waals surface area contributed by atoms with E-state index in [1.807, 2.05) is 0 Å². The molecule has 0 unspecified atom stereocenters. The Hall–Kier alpha value is -2.87. The second-order valence-corrected chi connectivity index (χ2v) is 5.92. The molecule has 1 N–H and O–H groups in total. The molecule has 0 bridgehead atoms. The topological polar surface area (TPSA) is 99.9 Å². The Morgan fingerprint density at radius 1 is 1.31 bits per heavy atom. The maximum atomic E-state index is 12.0. The molecule has 3 rings (SSSR count). The fraction of sp³-hybridized carbons (Fsp3) is 0.389. The first kappa shape index (κ1) is 17.9. The van der Waals surface area contributed by atoms with Crippen molar-refractivity contribution in [3.63, 3.8) is 0 Å². The van der Waals surface area contributed by atoms with Crippen molar-refractivity contribution in [2.24, 2.45) is 0 Å². The van der Waals surface area contributed by atoms with Crippen LogP contribution < -0.4 is 10.1 Å². The van der Waals surface area contributed by atoms with E-state index in [0.29, 0.717) is 23.7 Å². The third-order valence-electron chi connectivity index (χ3n) is 3.78. The summed E-state index contributed by atoms with van der Waals surface area (Å²) < 4.78 is 20.9. The smallest absolute Gasteiger partial charge is 0.338 e. The lowest BCUT2D eigenvalue weighted by Gasteiger charge is -2.11. The summed E-state index contributed by atoms with van der Waals surface area (Å²) in [4.78, 5) is 23.7. The first-order valence-corrected chi connectivity index (χ1v) is 8.35. The van der Waals surface area contributed by atoms with E-state index in [2.05, 4.69) is 10.5 Å². The summed E-state index contributed by atoms with van der Waals surface area (Å²) in [7, 11) is 0. The van der Waals surface area contributed by atoms with Gasteiger partial charge in [0.2, 0.25) is 0 Å². The molecule has 8 nitrogen and oxygen atoms in total. The predicted molar refractivity (Wildman–Crippen MR) is 91.1 cm³/mol. The van der Waals surface area contributed by atoms with Crippen LogP contribution in [0.15, 0.2) is 34.9 Å². The number of hydrogen-bond donors (Lipinski definition) is 1. The zero-order valence-electron chi connectivity index (χ0n) is 14.4. The molecule has 0 aliphatic carbocycles. The van der Waals surface area contributed by atoms with Crippen molar-refractivity contribution in [1.82, 2.24) is 5.16 Å². The summed E-state index contributed by atoms with van der Waals surface area (Å²) in [5, 5.41) is 6.10. The van der Waals surface area contributed by atoms with Gasteiger partial charge in [-0.2, -0.15) is 0 Å². The summed E-state index contributed by atoms with van der Waals surface area (Å²) in [6, 6.07) is 8.11. The highest BCUT2D eigenvalue weighted by atomic mass is 16.5. The third kappa shape index (κ3) is 5.06. The Labute approximate surface area is 150 Å². The third-order valence-corrected chi connectivity index (χ3v) is 3.78. The van der Waals surface area contributed by atoms with E-state index in [4.69, 9.17) is 18.7 Å². The van der Waals surface area contributed by atoms with Crippen LogP contribution in [-0.4, -0.2) is 43.0 Å². The minimum absolute atomic E-state index is 0.131. The van der Waals surface area contributed by atoms with E-state index in [9.17, 15) is 9.59 Å². The van der Waals surface area contributed by atoms with Gasteiger partial charge in [0.05, 0.1) is 11.7 Å². The molecule has 1 aliphatic rings. The lowest BCUT2D eigenvalue weighted by molar-refractivity contribution is -0.119. The van der Waals surface area contributed by atoms with Gasteiger partial charge in [0.15, 0.2) is 12.4 Å². The maximum Gasteiger partial charge on any atom is 0.338 e. The van der Waals surface area contributed by atoms with Crippen LogP contribution in [0.1, 0.15) is 29.0 Å². The van der Waals surface area contributed by atoms with Crippen LogP contribution in [0, 0.1) is 6.92 Å². The van der Waals surface area contributed by atoms with E-state index in [-0.39, 0.29) is 11.9 Å². The number of nitrogens with zero attached hydrogens (tertiary/aromatic N) is 1. The zero-order valence-corrected chi connectivity index (χ0v) is 14.4. The number of carbonyl (C=O) groups excluding carboxylic acids is 2. The molecule has 1 aromatic carbocycles. The van der Waals surface area contributed by atoms with Gasteiger partial charge in [-0.05, 0) is 44.0 Å². The van der Waals surface area contributed by atoms with Gasteiger partial charge >= 0.3 is 5.97 Å². The van der Waals surface area contributed by atoms with Gasteiger partial charge in [-0.25, -0.2) is 4.79 Å². The van der Waals surface area contributed by atoms with Crippen LogP contribution in [-0.2, 0) is 14.3 Å². The molecule has 26 heavy (non-hydrogen) atoms. The van der Waals surface area contributed by atoms with Crippen molar-refractivity contribution in [2.45, 2.75) is 25.9 Å². The molecule has 0 radical (unpaired) electrons. The Morgan fingerprint density at radius 3 is 2.77 bits per heavy atom. The van der Waals surface area contributed by atoms with Gasteiger partial charge in [-0.15, -0.1) is 0 Å². The normalized spacial score (nSPS) is 16.3. The molecule has 2 heterocycles. The molecule has 1 aliphatic heterocycles. The molecule has 1 aromatic heterocycles. The molecule has 8 heteroatoms. The van der Waals surface area contributed by atoms with Crippen molar-refractivity contribution in [3.05, 3.63) is 41.7 Å². The molecule has 138 valence electrons. The highest BCUT2D eigenvalue weighted by Crippen LogP contribution is 2.17. The van der Waals surface area contributed by atoms with Crippen LogP contribution in [0.2, 0.25) is 0 Å². The van der Waals surface area contributed by atoms with Crippen LogP contribution in [0.25, 0.3) is 0 Å². The van der Waals surface area contributed by atoms with Gasteiger partial charge in [0.25, 0.3) is 5.91 Å². The number of amides is 1. The van der Waals surface area contributed by atoms with Gasteiger partial charge in [0.1, 0.15) is 18.1 Å². The van der Waals surface area contributed by atoms with Crippen LogP contribution in [0.4, 0.5) is 5.82 Å². The Bertz CT molecular complexity index is 749. The molecule has 0 saturated carbocycles. The number of esters is 1. The molecular weight excluding hydrogens is 340 g/mol. The average molecular weight is 360 g/mol. The number of rotatable bonds is 7. The highest BCUT2D eigenvalue weighted by Gasteiger charge is 2.16. The lowest BCUT2D eigenvalue weighted by Crippen LogP contribution is -2.21. The summed E-state index contributed by atoms with van der Waals surface area (Å²) in [5.41, 5.74) is 0.333. The lowest BCUT2D eigenvalue weighted by atomic mass is 10.2. The molecule has 2 aromatic rings. The Morgan fingerprint density at radius 2 is 2.12 bits per heavy atom. The van der Waals surface area contributed by atoms with E-state index in [1.165, 1.54) is 0 Å². The van der Waals surface area contributed by atoms with Crippen molar-refractivity contribution >= 4 is 17.7 Å². The molecule has 1 amide bonds. The fourth-order valence-corrected chi connectivity index (χ4v) is 2.47. The first-order valence-electron chi connectivity index (χ1n) is 8.35. The second-order valence-electron chi connectivity index (χ2n) is 5.92. The van der Waals surface area contributed by atoms with Crippen molar-refractivity contribution < 1.29 is 28.3 Å². The number of hydrogen-bond acceptors (Lipinski definition) is 7. The minimum atomic E-state index is -0.595. The number of anilines is 1. The maximum absolute atomic E-state index is 12.0. The fourth-order valence-electron chi connectivity index (χ4n) is 2.47. The molecule has 1 saturated heterocycles. The van der Waals surface area contributed by atoms with Gasteiger partial charge in [-0.3, -0.25) is 4.79 Å². The quantitative estimate of drug-likeness (QED) is 0.756. The Kier molecular flexibility index (Phi) is 5.85. The van der Waals surface area contributed by atoms with Gasteiger partial charge < -0.3 is 24.1 Å². The first-order chi connectivity index (χ1) is 12.6. The number of nitrogens with one attached hydrogen (secondary N) is 1. The standard InChI is InChI=1S/C18H20N2O6/c1-12-9-16(20-26-12)19-17(21)11-25-18(22)13-4-6-14(7-5-13)24-10-15-3-2-8-23-15/h4-7,9,15H,2-3,8,10-11H2,1H3,(H,19,20,21)/t15-/m1/s1. The second kappa shape index (κ2) is 8.48. The van der Waals surface area contributed by atoms with Crippen molar-refractivity contribution in [2.75, 3.05) is 25.1 Å². The summed E-state index contributed by atoms with van der Waals surface area (Å²) >= 11 is 0. The molecular formula is C18H20N2O6. The van der Waals surface area contributed by atoms with Gasteiger partial charge in [-0.1, -0.05) is 5.16 Å². The molecule has 1 fully saturated rings. The van der Waals surface area contributed by atoms with Crippen molar-refractivity contribution in [1.29, 1.82) is 0 Å². The van der Waals surface area contributed by atoms with E-state index in [1.54, 1.807) is 37.3 Å². The van der Waals surface area contributed by atoms with Crippen LogP contribution in [0.3, 0.4) is 0 Å². The largest absolute Gasteiger partial charge is 0.491 e. The number of carbonyl (C=O) groups is 2. The van der Waals surface area contributed by atoms with Crippen LogP contribution >= 0.6 is 0 Å². The summed E-state index contributed by atoms with van der Waals surface area (Å²) in [6.45, 7) is 2.56. The zero-order chi connectivity index (χ0) is 18.4. The van der Waals surface area contributed by atoms with E-state index >= 15 is 0 Å². The Balaban J connectivity index is 1.42. The number of benzene rings is 1. The summed E-state index contributed by atoms with van der Waals surface area (Å²) in [6.07, 6.45) is 2.19. The average Bonchev–Trinajstić information content (AvgIpc) is 3.30. The summed E-state index contributed by atoms with van der Waals surface area (Å²) in [5.74, 6) is 0.400.